The van der Waals surface area contributed by atoms with Crippen LogP contribution in [0.25, 0.3) is 0 Å². The summed E-state index contributed by atoms with van der Waals surface area (Å²) in [6, 6.07) is 2.01. The van der Waals surface area contributed by atoms with E-state index in [1.54, 1.807) is 25.8 Å². The van der Waals surface area contributed by atoms with Crippen LogP contribution in [0, 0.1) is 26.7 Å². The Kier molecular flexibility index (Phi) is 5.08. The summed E-state index contributed by atoms with van der Waals surface area (Å²) >= 11 is 1.61. The Hall–Kier alpha value is -1.16. The van der Waals surface area contributed by atoms with E-state index in [0.29, 0.717) is 5.75 Å². The predicted molar refractivity (Wildman–Crippen MR) is 74.7 cm³/mol. The van der Waals surface area contributed by atoms with E-state index in [2.05, 4.69) is 6.92 Å². The Morgan fingerprint density at radius 2 is 2.00 bits per heavy atom. The summed E-state index contributed by atoms with van der Waals surface area (Å²) in [5.74, 6) is 0.392. The van der Waals surface area contributed by atoms with Crippen molar-refractivity contribution in [1.29, 1.82) is 0 Å². The standard InChI is InChI=1S/C14H20O3S/c1-8-6-12(17-5)10(3)11(4)13(8)18-7-9(2)14(15)16/h6,9H,7H2,1-5H3,(H,15,16). The summed E-state index contributed by atoms with van der Waals surface area (Å²) in [6.07, 6.45) is 0. The molecule has 0 aliphatic heterocycles. The second-order valence-electron chi connectivity index (χ2n) is 4.53. The smallest absolute Gasteiger partial charge is 0.307 e. The first-order chi connectivity index (χ1) is 8.38. The Morgan fingerprint density at radius 3 is 2.50 bits per heavy atom. The van der Waals surface area contributed by atoms with Gasteiger partial charge in [-0.05, 0) is 43.5 Å². The van der Waals surface area contributed by atoms with Crippen molar-refractivity contribution in [2.24, 2.45) is 5.92 Å². The zero-order valence-corrected chi connectivity index (χ0v) is 12.4. The van der Waals surface area contributed by atoms with Crippen molar-refractivity contribution in [3.05, 3.63) is 22.8 Å². The number of carboxylic acids is 1. The molecule has 1 N–H and O–H groups in total. The van der Waals surface area contributed by atoms with E-state index in [4.69, 9.17) is 9.84 Å². The lowest BCUT2D eigenvalue weighted by Crippen LogP contribution is -2.12. The van der Waals surface area contributed by atoms with E-state index in [-0.39, 0.29) is 5.92 Å². The highest BCUT2D eigenvalue weighted by atomic mass is 32.2. The third-order valence-electron chi connectivity index (χ3n) is 3.10. The number of aryl methyl sites for hydroxylation is 1. The zero-order chi connectivity index (χ0) is 13.9. The normalized spacial score (nSPS) is 12.3. The molecule has 1 aromatic rings. The minimum Gasteiger partial charge on any atom is -0.496 e. The van der Waals surface area contributed by atoms with Crippen LogP contribution in [0.2, 0.25) is 0 Å². The molecule has 0 aromatic heterocycles. The first kappa shape index (κ1) is 14.9. The fourth-order valence-electron chi connectivity index (χ4n) is 1.74. The average Bonchev–Trinajstić information content (AvgIpc) is 2.33. The number of methoxy groups -OCH3 is 1. The van der Waals surface area contributed by atoms with Crippen LogP contribution in [0.4, 0.5) is 0 Å². The van der Waals surface area contributed by atoms with Crippen LogP contribution in [-0.2, 0) is 4.79 Å². The summed E-state index contributed by atoms with van der Waals surface area (Å²) in [6.45, 7) is 7.84. The fraction of sp³-hybridized carbons (Fsp3) is 0.500. The molecule has 3 nitrogen and oxygen atoms in total. The minimum absolute atomic E-state index is 0.337. The van der Waals surface area contributed by atoms with E-state index >= 15 is 0 Å². The summed E-state index contributed by atoms with van der Waals surface area (Å²) in [5.41, 5.74) is 3.43. The second kappa shape index (κ2) is 6.14. The van der Waals surface area contributed by atoms with E-state index in [0.717, 1.165) is 16.9 Å². The molecule has 1 unspecified atom stereocenters. The second-order valence-corrected chi connectivity index (χ2v) is 5.56. The molecule has 0 fully saturated rings. The van der Waals surface area contributed by atoms with Crippen LogP contribution in [0.15, 0.2) is 11.0 Å². The maximum Gasteiger partial charge on any atom is 0.307 e. The Labute approximate surface area is 113 Å². The molecule has 18 heavy (non-hydrogen) atoms. The van der Waals surface area contributed by atoms with Crippen LogP contribution in [0.5, 0.6) is 5.75 Å². The van der Waals surface area contributed by atoms with Crippen molar-refractivity contribution in [1.82, 2.24) is 0 Å². The first-order valence-electron chi connectivity index (χ1n) is 5.88. The lowest BCUT2D eigenvalue weighted by atomic mass is 10.1. The summed E-state index contributed by atoms with van der Waals surface area (Å²) in [5, 5.41) is 8.90. The largest absolute Gasteiger partial charge is 0.496 e. The van der Waals surface area contributed by atoms with Crippen LogP contribution in [-0.4, -0.2) is 23.9 Å². The number of benzene rings is 1. The number of aliphatic carboxylic acids is 1. The van der Waals surface area contributed by atoms with E-state index < -0.39 is 5.97 Å². The molecule has 0 radical (unpaired) electrons. The predicted octanol–water partition coefficient (Wildman–Crippen LogP) is 3.43. The molecule has 4 heteroatoms. The number of rotatable bonds is 5. The highest BCUT2D eigenvalue weighted by molar-refractivity contribution is 7.99. The molecule has 1 rings (SSSR count). The van der Waals surface area contributed by atoms with Crippen LogP contribution in [0.3, 0.4) is 0 Å². The minimum atomic E-state index is -0.747. The molecule has 0 amide bonds. The van der Waals surface area contributed by atoms with Gasteiger partial charge in [0.1, 0.15) is 5.75 Å². The SMILES string of the molecule is COc1cc(C)c(SCC(C)C(=O)O)c(C)c1C. The quantitative estimate of drug-likeness (QED) is 0.831. The van der Waals surface area contributed by atoms with Crippen LogP contribution < -0.4 is 4.74 Å². The highest BCUT2D eigenvalue weighted by Gasteiger charge is 2.15. The molecule has 1 atom stereocenters. The lowest BCUT2D eigenvalue weighted by molar-refractivity contribution is -0.140. The number of thioether (sulfide) groups is 1. The summed E-state index contributed by atoms with van der Waals surface area (Å²) < 4.78 is 5.32. The average molecular weight is 268 g/mol. The first-order valence-corrected chi connectivity index (χ1v) is 6.87. The molecule has 0 saturated carbocycles. The number of carboxylic acid groups (broad SMARTS) is 1. The Balaban J connectivity index is 2.96. The molecule has 0 spiro atoms. The zero-order valence-electron chi connectivity index (χ0n) is 11.5. The number of hydrogen-bond acceptors (Lipinski definition) is 3. The van der Waals surface area contributed by atoms with Gasteiger partial charge in [-0.1, -0.05) is 6.92 Å². The maximum absolute atomic E-state index is 10.8. The van der Waals surface area contributed by atoms with Gasteiger partial charge in [0.05, 0.1) is 13.0 Å². The lowest BCUT2D eigenvalue weighted by Gasteiger charge is -2.16. The molecule has 0 aliphatic rings. The molecule has 100 valence electrons. The molecular weight excluding hydrogens is 248 g/mol. The topological polar surface area (TPSA) is 46.5 Å². The third-order valence-corrected chi connectivity index (χ3v) is 4.68. The molecule has 0 bridgehead atoms. The molecule has 0 heterocycles. The third kappa shape index (κ3) is 3.19. The monoisotopic (exact) mass is 268 g/mol. The van der Waals surface area contributed by atoms with Gasteiger partial charge in [0.15, 0.2) is 0 Å². The maximum atomic E-state index is 10.8. The Bertz CT molecular complexity index is 455. The van der Waals surface area contributed by atoms with Crippen molar-refractivity contribution in [3.8, 4) is 5.75 Å². The van der Waals surface area contributed by atoms with Gasteiger partial charge in [-0.15, -0.1) is 11.8 Å². The van der Waals surface area contributed by atoms with Gasteiger partial charge in [-0.3, -0.25) is 4.79 Å². The van der Waals surface area contributed by atoms with Crippen LogP contribution in [0.1, 0.15) is 23.6 Å². The van der Waals surface area contributed by atoms with Crippen molar-refractivity contribution < 1.29 is 14.6 Å². The van der Waals surface area contributed by atoms with Gasteiger partial charge < -0.3 is 9.84 Å². The fourth-order valence-corrected chi connectivity index (χ4v) is 2.95. The van der Waals surface area contributed by atoms with Gasteiger partial charge in [-0.25, -0.2) is 0 Å². The van der Waals surface area contributed by atoms with E-state index in [1.807, 2.05) is 19.9 Å². The van der Waals surface area contributed by atoms with Crippen molar-refractivity contribution in [2.45, 2.75) is 32.6 Å². The molecule has 0 saturated heterocycles. The number of ether oxygens (including phenoxy) is 1. The molecular formula is C14H20O3S. The van der Waals surface area contributed by atoms with Gasteiger partial charge in [0.25, 0.3) is 0 Å². The van der Waals surface area contributed by atoms with Gasteiger partial charge in [-0.2, -0.15) is 0 Å². The van der Waals surface area contributed by atoms with E-state index in [9.17, 15) is 4.79 Å². The van der Waals surface area contributed by atoms with Gasteiger partial charge >= 0.3 is 5.97 Å². The van der Waals surface area contributed by atoms with Crippen molar-refractivity contribution in [2.75, 3.05) is 12.9 Å². The van der Waals surface area contributed by atoms with E-state index in [1.165, 1.54) is 10.5 Å². The van der Waals surface area contributed by atoms with Crippen molar-refractivity contribution >= 4 is 17.7 Å². The van der Waals surface area contributed by atoms with Crippen molar-refractivity contribution in [3.63, 3.8) is 0 Å². The molecule has 1 aromatic carbocycles. The van der Waals surface area contributed by atoms with Gasteiger partial charge in [0, 0.05) is 10.6 Å². The van der Waals surface area contributed by atoms with Crippen LogP contribution >= 0.6 is 11.8 Å². The molecule has 0 aliphatic carbocycles. The highest BCUT2D eigenvalue weighted by Crippen LogP contribution is 2.34. The summed E-state index contributed by atoms with van der Waals surface area (Å²) in [7, 11) is 1.67. The number of carbonyl (C=O) groups is 1. The summed E-state index contributed by atoms with van der Waals surface area (Å²) in [4.78, 5) is 12.0. The van der Waals surface area contributed by atoms with Gasteiger partial charge in [0.2, 0.25) is 0 Å². The number of hydrogen-bond donors (Lipinski definition) is 1. The Morgan fingerprint density at radius 1 is 1.39 bits per heavy atom.